The van der Waals surface area contributed by atoms with Gasteiger partial charge in [0.05, 0.1) is 13.2 Å². The van der Waals surface area contributed by atoms with Gasteiger partial charge in [-0.3, -0.25) is 0 Å². The lowest BCUT2D eigenvalue weighted by molar-refractivity contribution is 0.279. The first kappa shape index (κ1) is 26.9. The minimum absolute atomic E-state index is 0.479. The fourth-order valence-electron chi connectivity index (χ4n) is 4.16. The van der Waals surface area contributed by atoms with E-state index in [-0.39, 0.29) is 0 Å². The lowest BCUT2D eigenvalue weighted by Gasteiger charge is -2.17. The average Bonchev–Trinajstić information content (AvgIpc) is 2.74. The first-order valence-corrected chi connectivity index (χ1v) is 12.8. The van der Waals surface area contributed by atoms with E-state index in [0.29, 0.717) is 23.9 Å². The fourth-order valence-corrected chi connectivity index (χ4v) is 4.16. The van der Waals surface area contributed by atoms with Crippen molar-refractivity contribution in [3.8, 4) is 11.5 Å². The molecular formula is C29H46N2O2. The highest BCUT2D eigenvalue weighted by molar-refractivity contribution is 5.47. The van der Waals surface area contributed by atoms with Crippen molar-refractivity contribution in [2.24, 2.45) is 11.8 Å². The van der Waals surface area contributed by atoms with Crippen LogP contribution in [0.1, 0.15) is 73.6 Å². The molecule has 4 nitrogen and oxygen atoms in total. The van der Waals surface area contributed by atoms with Crippen LogP contribution in [0.3, 0.4) is 0 Å². The molecule has 0 saturated heterocycles. The van der Waals surface area contributed by atoms with Crippen LogP contribution in [0.25, 0.3) is 0 Å². The summed E-state index contributed by atoms with van der Waals surface area (Å²) in [6.07, 6.45) is 5.50. The molecule has 2 rings (SSSR count). The number of hydrogen-bond acceptors (Lipinski definition) is 4. The van der Waals surface area contributed by atoms with E-state index in [0.717, 1.165) is 55.4 Å². The van der Waals surface area contributed by atoms with Crippen molar-refractivity contribution in [1.82, 2.24) is 0 Å². The molecular weight excluding hydrogens is 408 g/mol. The van der Waals surface area contributed by atoms with E-state index >= 15 is 0 Å². The lowest BCUT2D eigenvalue weighted by atomic mass is 10.1. The maximum absolute atomic E-state index is 5.89. The number of anilines is 2. The number of rotatable bonds is 16. The second kappa shape index (κ2) is 14.7. The quantitative estimate of drug-likeness (QED) is 0.252. The molecule has 2 N–H and O–H groups in total. The number of hydrogen-bond donors (Lipinski definition) is 2. The van der Waals surface area contributed by atoms with Crippen molar-refractivity contribution in [1.29, 1.82) is 0 Å². The third kappa shape index (κ3) is 11.9. The summed E-state index contributed by atoms with van der Waals surface area (Å²) in [6, 6.07) is 17.6. The molecule has 4 heteroatoms. The Morgan fingerprint density at radius 2 is 0.909 bits per heavy atom. The smallest absolute Gasteiger partial charge is 0.119 e. The van der Waals surface area contributed by atoms with E-state index in [1.807, 2.05) is 0 Å². The Morgan fingerprint density at radius 1 is 0.545 bits per heavy atom. The second-order valence-corrected chi connectivity index (χ2v) is 10.2. The summed E-state index contributed by atoms with van der Waals surface area (Å²) in [7, 11) is 0. The molecule has 0 aliphatic rings. The molecule has 0 aromatic heterocycles. The monoisotopic (exact) mass is 454 g/mol. The zero-order chi connectivity index (χ0) is 24.1. The predicted molar refractivity (Wildman–Crippen MR) is 143 cm³/mol. The summed E-state index contributed by atoms with van der Waals surface area (Å²) in [5.41, 5.74) is 2.31. The van der Waals surface area contributed by atoms with Crippen molar-refractivity contribution in [2.75, 3.05) is 23.8 Å². The summed E-state index contributed by atoms with van der Waals surface area (Å²) in [5, 5.41) is 7.10. The molecule has 0 radical (unpaired) electrons. The Kier molecular flexibility index (Phi) is 12.0. The van der Waals surface area contributed by atoms with Gasteiger partial charge in [0.15, 0.2) is 0 Å². The molecule has 2 aromatic carbocycles. The molecule has 2 unspecified atom stereocenters. The Hall–Kier alpha value is -2.36. The van der Waals surface area contributed by atoms with Gasteiger partial charge >= 0.3 is 0 Å². The highest BCUT2D eigenvalue weighted by Gasteiger charge is 2.06. The molecule has 2 atom stereocenters. The fraction of sp³-hybridized carbons (Fsp3) is 0.586. The average molecular weight is 455 g/mol. The second-order valence-electron chi connectivity index (χ2n) is 10.2. The van der Waals surface area contributed by atoms with Gasteiger partial charge in [-0.1, -0.05) is 27.7 Å². The Bertz CT molecular complexity index is 691. The molecule has 0 heterocycles. The number of ether oxygens (including phenoxy) is 2. The van der Waals surface area contributed by atoms with Gasteiger partial charge in [0.1, 0.15) is 11.5 Å². The normalized spacial score (nSPS) is 13.1. The van der Waals surface area contributed by atoms with Gasteiger partial charge in [0, 0.05) is 23.5 Å². The van der Waals surface area contributed by atoms with Crippen LogP contribution < -0.4 is 20.1 Å². The van der Waals surface area contributed by atoms with Gasteiger partial charge in [0.2, 0.25) is 0 Å². The van der Waals surface area contributed by atoms with Crippen LogP contribution >= 0.6 is 0 Å². The Balaban J connectivity index is 1.55. The Morgan fingerprint density at radius 3 is 1.24 bits per heavy atom. The van der Waals surface area contributed by atoms with Crippen molar-refractivity contribution < 1.29 is 9.47 Å². The van der Waals surface area contributed by atoms with Gasteiger partial charge in [0.25, 0.3) is 0 Å². The SMILES string of the molecule is CC(C)CC(C)Nc1ccc(OCCCCCOc2ccc(NC(C)CC(C)C)cc2)cc1. The van der Waals surface area contributed by atoms with Crippen molar-refractivity contribution in [3.05, 3.63) is 48.5 Å². The van der Waals surface area contributed by atoms with Gasteiger partial charge in [-0.05, 0) is 106 Å². The number of unbranched alkanes of at least 4 members (excludes halogenated alkanes) is 2. The molecule has 0 amide bonds. The third-order valence-electron chi connectivity index (χ3n) is 5.51. The van der Waals surface area contributed by atoms with Crippen LogP contribution in [-0.4, -0.2) is 25.3 Å². The maximum Gasteiger partial charge on any atom is 0.119 e. The molecule has 0 fully saturated rings. The number of benzene rings is 2. The highest BCUT2D eigenvalue weighted by atomic mass is 16.5. The molecule has 0 aliphatic heterocycles. The van der Waals surface area contributed by atoms with Crippen LogP contribution in [0.5, 0.6) is 11.5 Å². The van der Waals surface area contributed by atoms with E-state index in [4.69, 9.17) is 9.47 Å². The van der Waals surface area contributed by atoms with Gasteiger partial charge < -0.3 is 20.1 Å². The van der Waals surface area contributed by atoms with Gasteiger partial charge in [-0.25, -0.2) is 0 Å². The minimum Gasteiger partial charge on any atom is -0.494 e. The van der Waals surface area contributed by atoms with Crippen LogP contribution in [0, 0.1) is 11.8 Å². The van der Waals surface area contributed by atoms with Crippen molar-refractivity contribution in [3.63, 3.8) is 0 Å². The molecule has 0 saturated carbocycles. The summed E-state index contributed by atoms with van der Waals surface area (Å²) < 4.78 is 11.8. The topological polar surface area (TPSA) is 42.5 Å². The van der Waals surface area contributed by atoms with Crippen molar-refractivity contribution >= 4 is 11.4 Å². The van der Waals surface area contributed by atoms with Crippen molar-refractivity contribution in [2.45, 2.75) is 85.7 Å². The number of nitrogens with one attached hydrogen (secondary N) is 2. The van der Waals surface area contributed by atoms with Crippen LogP contribution in [0.2, 0.25) is 0 Å². The zero-order valence-electron chi connectivity index (χ0n) is 21.7. The van der Waals surface area contributed by atoms with Gasteiger partial charge in [-0.15, -0.1) is 0 Å². The van der Waals surface area contributed by atoms with E-state index in [9.17, 15) is 0 Å². The molecule has 0 spiro atoms. The predicted octanol–water partition coefficient (Wildman–Crippen LogP) is 8.01. The van der Waals surface area contributed by atoms with E-state index < -0.39 is 0 Å². The summed E-state index contributed by atoms with van der Waals surface area (Å²) in [4.78, 5) is 0. The summed E-state index contributed by atoms with van der Waals surface area (Å²) in [6.45, 7) is 15.0. The third-order valence-corrected chi connectivity index (χ3v) is 5.51. The van der Waals surface area contributed by atoms with Crippen LogP contribution in [-0.2, 0) is 0 Å². The summed E-state index contributed by atoms with van der Waals surface area (Å²) >= 11 is 0. The zero-order valence-corrected chi connectivity index (χ0v) is 21.7. The molecule has 2 aromatic rings. The van der Waals surface area contributed by atoms with Crippen LogP contribution in [0.15, 0.2) is 48.5 Å². The van der Waals surface area contributed by atoms with Gasteiger partial charge in [-0.2, -0.15) is 0 Å². The van der Waals surface area contributed by atoms with Crippen LogP contribution in [0.4, 0.5) is 11.4 Å². The maximum atomic E-state index is 5.89. The largest absolute Gasteiger partial charge is 0.494 e. The lowest BCUT2D eigenvalue weighted by Crippen LogP contribution is -2.17. The molecule has 184 valence electrons. The highest BCUT2D eigenvalue weighted by Crippen LogP contribution is 2.20. The van der Waals surface area contributed by atoms with E-state index in [1.165, 1.54) is 12.8 Å². The molecule has 33 heavy (non-hydrogen) atoms. The first-order chi connectivity index (χ1) is 15.8. The molecule has 0 aliphatic carbocycles. The summed E-state index contributed by atoms with van der Waals surface area (Å²) in [5.74, 6) is 3.27. The standard InChI is InChI=1S/C29H46N2O2/c1-22(2)20-24(5)30-26-10-14-28(15-11-26)32-18-8-7-9-19-33-29-16-12-27(13-17-29)31-25(6)21-23(3)4/h10-17,22-25,30-31H,7-9,18-21H2,1-6H3. The van der Waals surface area contributed by atoms with E-state index in [1.54, 1.807) is 0 Å². The van der Waals surface area contributed by atoms with E-state index in [2.05, 4.69) is 101 Å². The first-order valence-electron chi connectivity index (χ1n) is 12.8. The molecule has 0 bridgehead atoms. The Labute approximate surface area is 202 Å². The minimum atomic E-state index is 0.479.